The third-order valence-corrected chi connectivity index (χ3v) is 4.69. The molecule has 0 bridgehead atoms. The summed E-state index contributed by atoms with van der Waals surface area (Å²) in [5, 5.41) is 15.4. The maximum Gasteiger partial charge on any atom is 0.281 e. The number of nitrogens with two attached hydrogens (primary N) is 1. The highest BCUT2D eigenvalue weighted by Gasteiger charge is 2.12. The Morgan fingerprint density at radius 1 is 1.21 bits per heavy atom. The Hall–Kier alpha value is -3.79. The number of nitro benzene ring substituents is 1. The Bertz CT molecular complexity index is 1080. The first-order valence-corrected chi connectivity index (χ1v) is 8.76. The predicted molar refractivity (Wildman–Crippen MR) is 105 cm³/mol. The van der Waals surface area contributed by atoms with Gasteiger partial charge in [0.05, 0.1) is 16.0 Å². The Kier molecular flexibility index (Phi) is 5.61. The van der Waals surface area contributed by atoms with E-state index in [1.165, 1.54) is 29.7 Å². The number of carbonyl (C=O) groups is 2. The van der Waals surface area contributed by atoms with E-state index in [9.17, 15) is 19.7 Å². The molecule has 0 aliphatic carbocycles. The Balaban J connectivity index is 1.62. The van der Waals surface area contributed by atoms with Gasteiger partial charge in [-0.3, -0.25) is 19.7 Å². The number of amides is 2. The SMILES string of the molecule is NC(=O)COc1ccc(C=NNC(=O)c2cc3cc([N+](=O)[O-])ccc3s2)cc1. The van der Waals surface area contributed by atoms with Crippen molar-refractivity contribution >= 4 is 45.1 Å². The van der Waals surface area contributed by atoms with E-state index in [1.807, 2.05) is 0 Å². The molecule has 0 aliphatic heterocycles. The molecule has 0 atom stereocenters. The molecular formula is C18H14N4O5S. The zero-order valence-electron chi connectivity index (χ0n) is 14.3. The number of hydrogen-bond acceptors (Lipinski definition) is 7. The van der Waals surface area contributed by atoms with Crippen molar-refractivity contribution in [2.24, 2.45) is 10.8 Å². The van der Waals surface area contributed by atoms with E-state index < -0.39 is 16.7 Å². The maximum absolute atomic E-state index is 12.2. The summed E-state index contributed by atoms with van der Waals surface area (Å²) in [6.45, 7) is -0.207. The van der Waals surface area contributed by atoms with Gasteiger partial charge in [-0.25, -0.2) is 5.43 Å². The van der Waals surface area contributed by atoms with E-state index in [1.54, 1.807) is 36.4 Å². The highest BCUT2D eigenvalue weighted by atomic mass is 32.1. The molecule has 0 unspecified atom stereocenters. The van der Waals surface area contributed by atoms with Gasteiger partial charge in [0.1, 0.15) is 5.75 Å². The average molecular weight is 398 g/mol. The molecule has 142 valence electrons. The van der Waals surface area contributed by atoms with Crippen LogP contribution in [0.2, 0.25) is 0 Å². The van der Waals surface area contributed by atoms with Gasteiger partial charge in [-0.15, -0.1) is 11.3 Å². The van der Waals surface area contributed by atoms with Crippen molar-refractivity contribution in [2.45, 2.75) is 0 Å². The summed E-state index contributed by atoms with van der Waals surface area (Å²) in [5.41, 5.74) is 8.10. The second-order valence-electron chi connectivity index (χ2n) is 5.61. The minimum atomic E-state index is -0.566. The molecular weight excluding hydrogens is 384 g/mol. The standard InChI is InChI=1S/C18H14N4O5S/c19-17(23)10-27-14-4-1-11(2-5-14)9-20-21-18(24)16-8-12-7-13(22(25)26)3-6-15(12)28-16/h1-9H,10H2,(H2,19,23)(H,21,24). The molecule has 3 rings (SSSR count). The van der Waals surface area contributed by atoms with Crippen LogP contribution < -0.4 is 15.9 Å². The number of carbonyl (C=O) groups excluding carboxylic acids is 2. The van der Waals surface area contributed by atoms with Crippen molar-refractivity contribution in [1.29, 1.82) is 0 Å². The third kappa shape index (κ3) is 4.68. The quantitative estimate of drug-likeness (QED) is 0.358. The summed E-state index contributed by atoms with van der Waals surface area (Å²) in [5.74, 6) is -0.495. The van der Waals surface area contributed by atoms with Gasteiger partial charge in [0.15, 0.2) is 6.61 Å². The molecule has 3 aromatic rings. The number of rotatable bonds is 7. The first kappa shape index (κ1) is 19.0. The highest BCUT2D eigenvalue weighted by Crippen LogP contribution is 2.28. The normalized spacial score (nSPS) is 10.9. The molecule has 0 saturated carbocycles. The number of nitrogens with zero attached hydrogens (tertiary/aromatic N) is 2. The zero-order valence-corrected chi connectivity index (χ0v) is 15.1. The lowest BCUT2D eigenvalue weighted by Gasteiger charge is -2.03. The van der Waals surface area contributed by atoms with Gasteiger partial charge in [0.2, 0.25) is 0 Å². The van der Waals surface area contributed by atoms with E-state index in [0.717, 1.165) is 4.70 Å². The van der Waals surface area contributed by atoms with Crippen LogP contribution in [-0.2, 0) is 4.79 Å². The number of fused-ring (bicyclic) bond motifs is 1. The summed E-state index contributed by atoms with van der Waals surface area (Å²) in [6, 6.07) is 12.7. The molecule has 0 spiro atoms. The lowest BCUT2D eigenvalue weighted by atomic mass is 10.2. The van der Waals surface area contributed by atoms with E-state index in [-0.39, 0.29) is 12.3 Å². The monoisotopic (exact) mass is 398 g/mol. The van der Waals surface area contributed by atoms with Crippen LogP contribution in [0.4, 0.5) is 5.69 Å². The summed E-state index contributed by atoms with van der Waals surface area (Å²) in [6.07, 6.45) is 1.45. The summed E-state index contributed by atoms with van der Waals surface area (Å²) in [7, 11) is 0. The number of non-ortho nitro benzene ring substituents is 1. The number of benzene rings is 2. The molecule has 0 fully saturated rings. The average Bonchev–Trinajstić information content (AvgIpc) is 3.10. The molecule has 0 aliphatic rings. The van der Waals surface area contributed by atoms with E-state index in [0.29, 0.717) is 21.6 Å². The first-order chi connectivity index (χ1) is 13.4. The lowest BCUT2D eigenvalue weighted by Crippen LogP contribution is -2.19. The topological polar surface area (TPSA) is 137 Å². The van der Waals surface area contributed by atoms with Crippen LogP contribution in [0, 0.1) is 10.1 Å². The van der Waals surface area contributed by atoms with Crippen LogP contribution in [0.5, 0.6) is 5.75 Å². The van der Waals surface area contributed by atoms with E-state index in [4.69, 9.17) is 10.5 Å². The molecule has 10 heteroatoms. The molecule has 0 saturated heterocycles. The van der Waals surface area contributed by atoms with Gasteiger partial charge in [-0.05, 0) is 42.0 Å². The molecule has 0 radical (unpaired) electrons. The number of hydrazone groups is 1. The number of primary amides is 1. The van der Waals surface area contributed by atoms with Gasteiger partial charge in [0, 0.05) is 22.2 Å². The Labute approximate surface area is 162 Å². The number of thiophene rings is 1. The minimum absolute atomic E-state index is 0.0291. The molecule has 1 aromatic heterocycles. The van der Waals surface area contributed by atoms with Crippen LogP contribution in [0.15, 0.2) is 53.6 Å². The number of hydrogen-bond donors (Lipinski definition) is 2. The largest absolute Gasteiger partial charge is 0.484 e. The molecule has 28 heavy (non-hydrogen) atoms. The van der Waals surface area contributed by atoms with Crippen molar-refractivity contribution in [3.05, 3.63) is 69.1 Å². The van der Waals surface area contributed by atoms with Crippen molar-refractivity contribution in [3.8, 4) is 5.75 Å². The van der Waals surface area contributed by atoms with Gasteiger partial charge in [-0.1, -0.05) is 0 Å². The molecule has 1 heterocycles. The molecule has 9 nitrogen and oxygen atoms in total. The maximum atomic E-state index is 12.2. The summed E-state index contributed by atoms with van der Waals surface area (Å²) >= 11 is 1.22. The Morgan fingerprint density at radius 3 is 2.64 bits per heavy atom. The van der Waals surface area contributed by atoms with E-state index in [2.05, 4.69) is 10.5 Å². The fourth-order valence-corrected chi connectivity index (χ4v) is 3.21. The van der Waals surface area contributed by atoms with Crippen molar-refractivity contribution in [3.63, 3.8) is 0 Å². The lowest BCUT2D eigenvalue weighted by molar-refractivity contribution is -0.384. The molecule has 2 amide bonds. The second-order valence-corrected chi connectivity index (χ2v) is 6.70. The van der Waals surface area contributed by atoms with Crippen molar-refractivity contribution < 1.29 is 19.2 Å². The van der Waals surface area contributed by atoms with E-state index >= 15 is 0 Å². The second kappa shape index (κ2) is 8.27. The third-order valence-electron chi connectivity index (χ3n) is 3.58. The van der Waals surface area contributed by atoms with Crippen LogP contribution in [0.25, 0.3) is 10.1 Å². The fraction of sp³-hybridized carbons (Fsp3) is 0.0556. The summed E-state index contributed by atoms with van der Waals surface area (Å²) < 4.78 is 5.92. The van der Waals surface area contributed by atoms with Crippen LogP contribution in [0.3, 0.4) is 0 Å². The number of nitrogens with one attached hydrogen (secondary N) is 1. The predicted octanol–water partition coefficient (Wildman–Crippen LogP) is 2.44. The van der Waals surface area contributed by atoms with Crippen LogP contribution in [0.1, 0.15) is 15.2 Å². The fourth-order valence-electron chi connectivity index (χ4n) is 2.28. The van der Waals surface area contributed by atoms with Crippen LogP contribution >= 0.6 is 11.3 Å². The van der Waals surface area contributed by atoms with Crippen molar-refractivity contribution in [2.75, 3.05) is 6.61 Å². The minimum Gasteiger partial charge on any atom is -0.484 e. The number of ether oxygens (including phenoxy) is 1. The van der Waals surface area contributed by atoms with Gasteiger partial charge in [0.25, 0.3) is 17.5 Å². The molecule has 3 N–H and O–H groups in total. The summed E-state index contributed by atoms with van der Waals surface area (Å²) in [4.78, 5) is 33.6. The van der Waals surface area contributed by atoms with Gasteiger partial charge >= 0.3 is 0 Å². The van der Waals surface area contributed by atoms with Gasteiger partial charge < -0.3 is 10.5 Å². The molecule has 2 aromatic carbocycles. The zero-order chi connectivity index (χ0) is 20.1. The highest BCUT2D eigenvalue weighted by molar-refractivity contribution is 7.20. The first-order valence-electron chi connectivity index (χ1n) is 7.95. The van der Waals surface area contributed by atoms with Crippen LogP contribution in [-0.4, -0.2) is 29.6 Å². The number of nitro groups is 1. The smallest absolute Gasteiger partial charge is 0.281 e. The van der Waals surface area contributed by atoms with Crippen molar-refractivity contribution in [1.82, 2.24) is 5.43 Å². The Morgan fingerprint density at radius 2 is 1.96 bits per heavy atom. The van der Waals surface area contributed by atoms with Gasteiger partial charge in [-0.2, -0.15) is 5.10 Å².